The molecule has 2 N–H and O–H groups in total. The maximum absolute atomic E-state index is 13.8. The Morgan fingerprint density at radius 2 is 2.03 bits per heavy atom. The number of ether oxygens (including phenoxy) is 3. The van der Waals surface area contributed by atoms with Crippen LogP contribution >= 0.6 is 0 Å². The van der Waals surface area contributed by atoms with Crippen molar-refractivity contribution >= 4 is 17.5 Å². The van der Waals surface area contributed by atoms with Gasteiger partial charge < -0.3 is 24.4 Å². The van der Waals surface area contributed by atoms with Gasteiger partial charge in [0, 0.05) is 17.9 Å². The minimum atomic E-state index is -1.56. The SMILES string of the molecule is C/C(=C/C[C@]12OC(C)(C)[C@@H]3C[C@H](C1=O)C1OC14C(=O)c1c(O)cccc1O[C@@]342)C(=O)O. The van der Waals surface area contributed by atoms with E-state index in [4.69, 9.17) is 14.2 Å². The zero-order valence-corrected chi connectivity index (χ0v) is 17.3. The number of carbonyl (C=O) groups is 3. The third-order valence-electron chi connectivity index (χ3n) is 8.04. The number of hydrogen-bond acceptors (Lipinski definition) is 7. The number of carbonyl (C=O) groups excluding carboxylic acids is 2. The maximum atomic E-state index is 13.8. The molecule has 8 heteroatoms. The first-order valence-corrected chi connectivity index (χ1v) is 10.4. The molecule has 1 aromatic carbocycles. The predicted molar refractivity (Wildman–Crippen MR) is 104 cm³/mol. The lowest BCUT2D eigenvalue weighted by Gasteiger charge is -2.57. The van der Waals surface area contributed by atoms with Crippen molar-refractivity contribution in [2.45, 2.75) is 62.1 Å². The van der Waals surface area contributed by atoms with E-state index in [-0.39, 0.29) is 40.8 Å². The number of ketones is 2. The minimum absolute atomic E-state index is 0.0420. The molecule has 1 aromatic rings. The van der Waals surface area contributed by atoms with Gasteiger partial charge in [0.25, 0.3) is 0 Å². The zero-order valence-electron chi connectivity index (χ0n) is 17.3. The number of epoxide rings is 1. The van der Waals surface area contributed by atoms with Crippen LogP contribution in [0.15, 0.2) is 29.8 Å². The summed E-state index contributed by atoms with van der Waals surface area (Å²) in [6, 6.07) is 4.59. The standard InChI is InChI=1S/C23H22O8/c1-10(19(27)28)7-8-21-16(25)11-9-14(20(2,3)31-21)23(21)22(18(11)30-22)17(26)15-12(24)5-4-6-13(15)29-23/h4-7,11,14,18,24H,8-9H2,1-3H3,(H,27,28)/b10-7-/t11-,14+,18?,21+,22?,23-/m1/s1. The smallest absolute Gasteiger partial charge is 0.330 e. The summed E-state index contributed by atoms with van der Waals surface area (Å²) in [6.45, 7) is 5.19. The average molecular weight is 426 g/mol. The average Bonchev–Trinajstić information content (AvgIpc) is 3.43. The van der Waals surface area contributed by atoms with Crippen LogP contribution in [0.3, 0.4) is 0 Å². The highest BCUT2D eigenvalue weighted by Gasteiger charge is 2.97. The van der Waals surface area contributed by atoms with Crippen LogP contribution in [0.2, 0.25) is 0 Å². The number of rotatable bonds is 3. The van der Waals surface area contributed by atoms with Crippen LogP contribution < -0.4 is 4.74 Å². The summed E-state index contributed by atoms with van der Waals surface area (Å²) >= 11 is 0. The van der Waals surface area contributed by atoms with Gasteiger partial charge in [0.15, 0.2) is 17.0 Å². The summed E-state index contributed by atoms with van der Waals surface area (Å²) in [7, 11) is 0. The molecule has 31 heavy (non-hydrogen) atoms. The second-order valence-electron chi connectivity index (χ2n) is 9.78. The van der Waals surface area contributed by atoms with E-state index in [1.54, 1.807) is 12.1 Å². The summed E-state index contributed by atoms with van der Waals surface area (Å²) in [6.07, 6.45) is 1.25. The number of hydrogen-bond donors (Lipinski definition) is 2. The van der Waals surface area contributed by atoms with Crippen molar-refractivity contribution in [3.63, 3.8) is 0 Å². The van der Waals surface area contributed by atoms with Gasteiger partial charge in [-0.25, -0.2) is 4.79 Å². The third-order valence-corrected chi connectivity index (χ3v) is 8.04. The predicted octanol–water partition coefficient (Wildman–Crippen LogP) is 2.03. The van der Waals surface area contributed by atoms with Gasteiger partial charge in [-0.2, -0.15) is 0 Å². The largest absolute Gasteiger partial charge is 0.507 e. The fraction of sp³-hybridized carbons (Fsp3) is 0.522. The van der Waals surface area contributed by atoms with Gasteiger partial charge in [0.05, 0.1) is 11.5 Å². The van der Waals surface area contributed by atoms with E-state index in [0.717, 1.165) is 0 Å². The van der Waals surface area contributed by atoms with E-state index in [0.29, 0.717) is 6.42 Å². The van der Waals surface area contributed by atoms with Crippen LogP contribution in [-0.2, 0) is 19.1 Å². The molecule has 3 aliphatic heterocycles. The number of phenols is 1. The first-order chi connectivity index (χ1) is 14.5. The molecular weight excluding hydrogens is 404 g/mol. The van der Waals surface area contributed by atoms with E-state index in [1.165, 1.54) is 19.1 Å². The first kappa shape index (κ1) is 19.0. The third kappa shape index (κ3) is 1.77. The van der Waals surface area contributed by atoms with Crippen molar-refractivity contribution in [3.05, 3.63) is 35.4 Å². The van der Waals surface area contributed by atoms with Crippen LogP contribution in [0.5, 0.6) is 11.5 Å². The van der Waals surface area contributed by atoms with Crippen molar-refractivity contribution in [1.82, 2.24) is 0 Å². The first-order valence-electron chi connectivity index (χ1n) is 10.4. The zero-order chi connectivity index (χ0) is 22.1. The summed E-state index contributed by atoms with van der Waals surface area (Å²) in [5.74, 6) is -2.60. The summed E-state index contributed by atoms with van der Waals surface area (Å²) in [4.78, 5) is 39.0. The fourth-order valence-electron chi connectivity index (χ4n) is 6.81. The van der Waals surface area contributed by atoms with Gasteiger partial charge >= 0.3 is 5.97 Å². The number of aromatic hydroxyl groups is 1. The number of aliphatic carboxylic acids is 1. The highest BCUT2D eigenvalue weighted by molar-refractivity contribution is 6.15. The quantitative estimate of drug-likeness (QED) is 0.556. The fourth-order valence-corrected chi connectivity index (χ4v) is 6.81. The molecule has 5 fully saturated rings. The lowest BCUT2D eigenvalue weighted by atomic mass is 9.46. The monoisotopic (exact) mass is 426 g/mol. The summed E-state index contributed by atoms with van der Waals surface area (Å²) < 4.78 is 19.1. The van der Waals surface area contributed by atoms with Crippen molar-refractivity contribution < 1.29 is 38.8 Å². The molecule has 8 nitrogen and oxygen atoms in total. The van der Waals surface area contributed by atoms with Gasteiger partial charge in [-0.3, -0.25) is 9.59 Å². The summed E-state index contributed by atoms with van der Waals surface area (Å²) in [5.41, 5.74) is -5.11. The van der Waals surface area contributed by atoms with Gasteiger partial charge in [-0.05, 0) is 39.3 Å². The molecule has 2 spiro atoms. The molecule has 0 amide bonds. The molecule has 6 aliphatic rings. The lowest BCUT2D eigenvalue weighted by molar-refractivity contribution is -0.191. The Balaban J connectivity index is 1.63. The molecule has 2 saturated heterocycles. The van der Waals surface area contributed by atoms with Gasteiger partial charge in [0.1, 0.15) is 23.2 Å². The van der Waals surface area contributed by atoms with Crippen LogP contribution in [0, 0.1) is 11.8 Å². The van der Waals surface area contributed by atoms with Gasteiger partial charge in [0.2, 0.25) is 11.4 Å². The molecule has 162 valence electrons. The molecule has 3 aliphatic carbocycles. The van der Waals surface area contributed by atoms with Crippen LogP contribution in [0.1, 0.15) is 44.0 Å². The van der Waals surface area contributed by atoms with E-state index < -0.39 is 46.2 Å². The molecule has 4 bridgehead atoms. The molecule has 3 heterocycles. The molecule has 0 radical (unpaired) electrons. The highest BCUT2D eigenvalue weighted by atomic mass is 16.7. The molecule has 6 atom stereocenters. The molecule has 3 saturated carbocycles. The van der Waals surface area contributed by atoms with Crippen molar-refractivity contribution in [1.29, 1.82) is 0 Å². The number of fused-ring (bicyclic) bond motifs is 1. The normalized spacial score (nSPS) is 43.1. The number of benzene rings is 1. The van der Waals surface area contributed by atoms with Gasteiger partial charge in [-0.1, -0.05) is 12.1 Å². The summed E-state index contributed by atoms with van der Waals surface area (Å²) in [5, 5.41) is 19.7. The molecular formula is C23H22O8. The lowest BCUT2D eigenvalue weighted by Crippen LogP contribution is -2.80. The van der Waals surface area contributed by atoms with Gasteiger partial charge in [-0.15, -0.1) is 0 Å². The molecule has 7 rings (SSSR count). The topological polar surface area (TPSA) is 123 Å². The number of carboxylic acids is 1. The van der Waals surface area contributed by atoms with E-state index in [9.17, 15) is 24.6 Å². The minimum Gasteiger partial charge on any atom is -0.507 e. The Hall–Kier alpha value is -2.71. The Labute approximate surface area is 177 Å². The van der Waals surface area contributed by atoms with Crippen LogP contribution in [-0.4, -0.2) is 56.3 Å². The Kier molecular flexibility index (Phi) is 3.18. The maximum Gasteiger partial charge on any atom is 0.330 e. The number of carboxylic acid groups (broad SMARTS) is 1. The van der Waals surface area contributed by atoms with E-state index in [1.807, 2.05) is 13.8 Å². The Morgan fingerprint density at radius 1 is 1.29 bits per heavy atom. The second kappa shape index (κ2) is 5.19. The van der Waals surface area contributed by atoms with Crippen molar-refractivity contribution in [2.24, 2.45) is 11.8 Å². The van der Waals surface area contributed by atoms with Crippen LogP contribution in [0.4, 0.5) is 0 Å². The highest BCUT2D eigenvalue weighted by Crippen LogP contribution is 2.77. The number of phenolic OH excluding ortho intramolecular Hbond substituents is 1. The number of Topliss-reactive ketones (excluding diaryl/α,β-unsaturated/α-hetero) is 2. The van der Waals surface area contributed by atoms with E-state index in [2.05, 4.69) is 0 Å². The Morgan fingerprint density at radius 3 is 2.74 bits per heavy atom. The van der Waals surface area contributed by atoms with Crippen LogP contribution in [0.25, 0.3) is 0 Å². The van der Waals surface area contributed by atoms with E-state index >= 15 is 0 Å². The Bertz CT molecular complexity index is 1130. The second-order valence-corrected chi connectivity index (χ2v) is 9.78. The molecule has 2 unspecified atom stereocenters. The van der Waals surface area contributed by atoms with Crippen molar-refractivity contribution in [3.8, 4) is 11.5 Å². The molecule has 0 aromatic heterocycles. The van der Waals surface area contributed by atoms with Crippen molar-refractivity contribution in [2.75, 3.05) is 0 Å².